The van der Waals surface area contributed by atoms with Crippen molar-refractivity contribution in [3.63, 3.8) is 0 Å². The number of carboxylic acids is 1. The van der Waals surface area contributed by atoms with Crippen LogP contribution in [-0.2, 0) is 19.1 Å². The minimum atomic E-state index is -0.981. The molecule has 2 atom stereocenters. The molecule has 3 rings (SSSR count). The van der Waals surface area contributed by atoms with E-state index in [4.69, 9.17) is 21.1 Å². The van der Waals surface area contributed by atoms with Crippen molar-refractivity contribution in [2.45, 2.75) is 33.8 Å². The molecule has 0 aromatic carbocycles. The van der Waals surface area contributed by atoms with Crippen LogP contribution in [0.15, 0.2) is 57.1 Å². The number of carbonyl (C=O) groups excluding carboxylic acids is 1. The van der Waals surface area contributed by atoms with E-state index in [1.807, 2.05) is 20.8 Å². The lowest BCUT2D eigenvalue weighted by Crippen LogP contribution is -2.40. The van der Waals surface area contributed by atoms with Gasteiger partial charge in [-0.2, -0.15) is 0 Å². The molecule has 138 valence electrons. The Kier molecular flexibility index (Phi) is 4.39. The lowest BCUT2D eigenvalue weighted by atomic mass is 9.64. The maximum Gasteiger partial charge on any atom is 0.336 e. The van der Waals surface area contributed by atoms with Gasteiger partial charge in [0.15, 0.2) is 5.78 Å². The first-order chi connectivity index (χ1) is 12.1. The fourth-order valence-electron chi connectivity index (χ4n) is 4.01. The first-order valence-electron chi connectivity index (χ1n) is 8.32. The summed E-state index contributed by atoms with van der Waals surface area (Å²) >= 11 is 6.20. The van der Waals surface area contributed by atoms with Gasteiger partial charge < -0.3 is 14.6 Å². The van der Waals surface area contributed by atoms with Gasteiger partial charge in [0.1, 0.15) is 17.6 Å². The number of fused-ring (bicyclic) bond motifs is 1. The smallest absolute Gasteiger partial charge is 0.336 e. The molecule has 0 saturated heterocycles. The van der Waals surface area contributed by atoms with Gasteiger partial charge in [0, 0.05) is 11.0 Å². The second-order valence-electron chi connectivity index (χ2n) is 7.24. The highest BCUT2D eigenvalue weighted by atomic mass is 35.5. The van der Waals surface area contributed by atoms with E-state index in [1.54, 1.807) is 13.0 Å². The van der Waals surface area contributed by atoms with Gasteiger partial charge in [-0.25, -0.2) is 4.79 Å². The Bertz CT molecular complexity index is 867. The summed E-state index contributed by atoms with van der Waals surface area (Å²) in [6, 6.07) is 0. The number of rotatable bonds is 3. The van der Waals surface area contributed by atoms with Crippen LogP contribution in [0.3, 0.4) is 0 Å². The molecule has 1 aliphatic heterocycles. The number of methoxy groups -OCH3 is 1. The summed E-state index contributed by atoms with van der Waals surface area (Å²) in [6.45, 7) is 7.48. The monoisotopic (exact) mass is 376 g/mol. The van der Waals surface area contributed by atoms with Crippen molar-refractivity contribution in [2.75, 3.05) is 7.11 Å². The average Bonchev–Trinajstić information content (AvgIpc) is 3.00. The average molecular weight is 377 g/mol. The van der Waals surface area contributed by atoms with Gasteiger partial charge in [-0.15, -0.1) is 0 Å². The molecule has 0 bridgehead atoms. The summed E-state index contributed by atoms with van der Waals surface area (Å²) in [7, 11) is 1.52. The normalized spacial score (nSPS) is 27.5. The molecule has 0 fully saturated rings. The lowest BCUT2D eigenvalue weighted by molar-refractivity contribution is -0.132. The SMILES string of the molecule is COC1=C(C)C(C(=O)O)=C(C)C(C)(C)C1C1C=C2C(=O)C=CC(Cl)=C2O1. The van der Waals surface area contributed by atoms with E-state index in [9.17, 15) is 14.7 Å². The van der Waals surface area contributed by atoms with Crippen molar-refractivity contribution >= 4 is 23.4 Å². The predicted octanol–water partition coefficient (Wildman–Crippen LogP) is 3.88. The van der Waals surface area contributed by atoms with Gasteiger partial charge in [0.25, 0.3) is 0 Å². The summed E-state index contributed by atoms with van der Waals surface area (Å²) in [6.07, 6.45) is 4.22. The molecule has 0 saturated carbocycles. The van der Waals surface area contributed by atoms with Crippen LogP contribution in [0.2, 0.25) is 0 Å². The zero-order valence-electron chi connectivity index (χ0n) is 15.3. The van der Waals surface area contributed by atoms with Crippen LogP contribution in [0, 0.1) is 11.3 Å². The van der Waals surface area contributed by atoms with E-state index in [0.29, 0.717) is 27.7 Å². The standard InChI is InChI=1S/C20H21ClO5/c1-9-15(19(23)24)10(2)20(3,4)16(17(9)25-5)14-8-11-13(22)7-6-12(21)18(11)26-14/h6-8,14,16H,1-5H3,(H,23,24). The van der Waals surface area contributed by atoms with E-state index < -0.39 is 17.5 Å². The van der Waals surface area contributed by atoms with Gasteiger partial charge >= 0.3 is 5.97 Å². The quantitative estimate of drug-likeness (QED) is 0.809. The summed E-state index contributed by atoms with van der Waals surface area (Å²) in [5.41, 5.74) is 1.47. The Hall–Kier alpha value is -2.27. The molecule has 1 heterocycles. The third-order valence-corrected chi connectivity index (χ3v) is 5.90. The highest BCUT2D eigenvalue weighted by molar-refractivity contribution is 6.33. The summed E-state index contributed by atoms with van der Waals surface area (Å²) in [4.78, 5) is 23.9. The lowest BCUT2D eigenvalue weighted by Gasteiger charge is -2.43. The summed E-state index contributed by atoms with van der Waals surface area (Å²) < 4.78 is 11.7. The molecule has 2 unspecified atom stereocenters. The Balaban J connectivity index is 2.13. The minimum absolute atomic E-state index is 0.154. The van der Waals surface area contributed by atoms with Crippen LogP contribution in [0.1, 0.15) is 27.7 Å². The number of aliphatic carboxylic acids is 1. The van der Waals surface area contributed by atoms with Crippen molar-refractivity contribution in [3.05, 3.63) is 57.1 Å². The highest BCUT2D eigenvalue weighted by Gasteiger charge is 2.49. The van der Waals surface area contributed by atoms with Crippen molar-refractivity contribution in [3.8, 4) is 0 Å². The summed E-state index contributed by atoms with van der Waals surface area (Å²) in [5, 5.41) is 10.0. The Morgan fingerprint density at radius 3 is 2.50 bits per heavy atom. The number of allylic oxidation sites excluding steroid dienone is 5. The molecular formula is C20H21ClO5. The third-order valence-electron chi connectivity index (χ3n) is 5.60. The van der Waals surface area contributed by atoms with E-state index in [2.05, 4.69) is 0 Å². The Morgan fingerprint density at radius 1 is 1.31 bits per heavy atom. The molecular weight excluding hydrogens is 356 g/mol. The molecule has 0 aromatic heterocycles. The number of halogens is 1. The van der Waals surface area contributed by atoms with Crippen molar-refractivity contribution in [2.24, 2.45) is 11.3 Å². The molecule has 0 aromatic rings. The van der Waals surface area contributed by atoms with Crippen molar-refractivity contribution in [1.29, 1.82) is 0 Å². The third kappa shape index (κ3) is 2.53. The maximum atomic E-state index is 12.2. The zero-order chi connectivity index (χ0) is 19.4. The molecule has 5 nitrogen and oxygen atoms in total. The fraction of sp³-hybridized carbons (Fsp3) is 0.400. The van der Waals surface area contributed by atoms with Crippen molar-refractivity contribution in [1.82, 2.24) is 0 Å². The molecule has 3 aliphatic rings. The van der Waals surface area contributed by atoms with Gasteiger partial charge in [0.05, 0.1) is 29.2 Å². The number of ether oxygens (including phenoxy) is 2. The fourth-order valence-corrected chi connectivity index (χ4v) is 4.22. The predicted molar refractivity (Wildman–Crippen MR) is 97.3 cm³/mol. The number of hydrogen-bond acceptors (Lipinski definition) is 4. The van der Waals surface area contributed by atoms with Crippen LogP contribution in [0.4, 0.5) is 0 Å². The second-order valence-corrected chi connectivity index (χ2v) is 7.64. The number of carbonyl (C=O) groups is 2. The molecule has 1 N–H and O–H groups in total. The van der Waals surface area contributed by atoms with Gasteiger partial charge in [-0.1, -0.05) is 31.0 Å². The van der Waals surface area contributed by atoms with Crippen molar-refractivity contribution < 1.29 is 24.2 Å². The number of ketones is 1. The van der Waals surface area contributed by atoms with Crippen LogP contribution in [-0.4, -0.2) is 30.1 Å². The van der Waals surface area contributed by atoms with Gasteiger partial charge in [0.2, 0.25) is 0 Å². The molecule has 0 radical (unpaired) electrons. The van der Waals surface area contributed by atoms with E-state index in [0.717, 1.165) is 5.57 Å². The maximum absolute atomic E-state index is 12.2. The number of carboxylic acid groups (broad SMARTS) is 1. The van der Waals surface area contributed by atoms with Crippen LogP contribution in [0.25, 0.3) is 0 Å². The van der Waals surface area contributed by atoms with E-state index in [1.165, 1.54) is 19.3 Å². The largest absolute Gasteiger partial charge is 0.500 e. The van der Waals surface area contributed by atoms with E-state index >= 15 is 0 Å². The molecule has 0 spiro atoms. The molecule has 0 amide bonds. The molecule has 6 heteroatoms. The van der Waals surface area contributed by atoms with E-state index in [-0.39, 0.29) is 17.3 Å². The zero-order valence-corrected chi connectivity index (χ0v) is 16.1. The Morgan fingerprint density at radius 2 is 1.96 bits per heavy atom. The van der Waals surface area contributed by atoms with Crippen LogP contribution >= 0.6 is 11.6 Å². The van der Waals surface area contributed by atoms with Crippen LogP contribution in [0.5, 0.6) is 0 Å². The van der Waals surface area contributed by atoms with Crippen LogP contribution < -0.4 is 0 Å². The van der Waals surface area contributed by atoms with Gasteiger partial charge in [-0.3, -0.25) is 4.79 Å². The second kappa shape index (κ2) is 6.16. The number of hydrogen-bond donors (Lipinski definition) is 1. The first-order valence-corrected chi connectivity index (χ1v) is 8.69. The first kappa shape index (κ1) is 18.5. The molecule has 26 heavy (non-hydrogen) atoms. The highest BCUT2D eigenvalue weighted by Crippen LogP contribution is 2.52. The van der Waals surface area contributed by atoms with Gasteiger partial charge in [-0.05, 0) is 32.1 Å². The Labute approximate surface area is 157 Å². The summed E-state index contributed by atoms with van der Waals surface area (Å²) in [5.74, 6) is -0.503. The minimum Gasteiger partial charge on any atom is -0.500 e. The molecule has 2 aliphatic carbocycles. The topological polar surface area (TPSA) is 72.8 Å².